The van der Waals surface area contributed by atoms with Gasteiger partial charge in [-0.15, -0.1) is 0 Å². The van der Waals surface area contributed by atoms with Gasteiger partial charge in [-0.2, -0.15) is 0 Å². The summed E-state index contributed by atoms with van der Waals surface area (Å²) in [6.07, 6.45) is 4.36. The molecule has 0 aliphatic heterocycles. The smallest absolute Gasteiger partial charge is 0.328 e. The van der Waals surface area contributed by atoms with Crippen LogP contribution in [0.4, 0.5) is 0 Å². The van der Waals surface area contributed by atoms with Crippen molar-refractivity contribution in [3.63, 3.8) is 0 Å². The summed E-state index contributed by atoms with van der Waals surface area (Å²) in [6, 6.07) is 24.8. The molecule has 0 unspecified atom stereocenters. The predicted molar refractivity (Wildman–Crippen MR) is 198 cm³/mol. The molecule has 2 atom stereocenters. The van der Waals surface area contributed by atoms with Gasteiger partial charge in [-0.1, -0.05) is 110 Å². The van der Waals surface area contributed by atoms with Gasteiger partial charge in [0.2, 0.25) is 11.8 Å². The highest BCUT2D eigenvalue weighted by Crippen LogP contribution is 2.24. The molecule has 0 bridgehead atoms. The lowest BCUT2D eigenvalue weighted by Crippen LogP contribution is -2.44. The van der Waals surface area contributed by atoms with E-state index in [9.17, 15) is 28.8 Å². The van der Waals surface area contributed by atoms with Crippen LogP contribution in [0.1, 0.15) is 87.3 Å². The van der Waals surface area contributed by atoms with E-state index in [1.165, 1.54) is 6.42 Å². The molecular formula is C42H50N2O10. The Hall–Kier alpha value is -5.52. The van der Waals surface area contributed by atoms with Gasteiger partial charge in [0.15, 0.2) is 0 Å². The third kappa shape index (κ3) is 16.0. The monoisotopic (exact) mass is 742 g/mol. The average molecular weight is 743 g/mol. The molecule has 2 N–H and O–H groups in total. The number of rotatable bonds is 21. The van der Waals surface area contributed by atoms with Crippen molar-refractivity contribution in [3.05, 3.63) is 108 Å². The molecule has 3 aromatic carbocycles. The molecule has 2 amide bonds. The van der Waals surface area contributed by atoms with Crippen LogP contribution >= 0.6 is 0 Å². The lowest BCUT2D eigenvalue weighted by molar-refractivity contribution is -0.152. The molecule has 1 fully saturated rings. The van der Waals surface area contributed by atoms with Crippen molar-refractivity contribution in [2.24, 2.45) is 5.92 Å². The van der Waals surface area contributed by atoms with Gasteiger partial charge in [0.1, 0.15) is 31.9 Å². The van der Waals surface area contributed by atoms with Crippen molar-refractivity contribution in [2.45, 2.75) is 103 Å². The van der Waals surface area contributed by atoms with E-state index in [-0.39, 0.29) is 58.3 Å². The van der Waals surface area contributed by atoms with Gasteiger partial charge in [-0.05, 0) is 48.3 Å². The summed E-state index contributed by atoms with van der Waals surface area (Å²) in [6.45, 7) is 0.330. The Labute approximate surface area is 316 Å². The van der Waals surface area contributed by atoms with E-state index in [0.29, 0.717) is 12.5 Å². The average Bonchev–Trinajstić information content (AvgIpc) is 3.21. The quantitative estimate of drug-likeness (QED) is 0.103. The summed E-state index contributed by atoms with van der Waals surface area (Å²) >= 11 is 0. The molecule has 12 heteroatoms. The highest BCUT2D eigenvalue weighted by atomic mass is 16.5. The first-order chi connectivity index (χ1) is 26.2. The van der Waals surface area contributed by atoms with Crippen LogP contribution in [0.2, 0.25) is 0 Å². The van der Waals surface area contributed by atoms with Crippen molar-refractivity contribution in [1.82, 2.24) is 10.6 Å². The van der Waals surface area contributed by atoms with E-state index in [4.69, 9.17) is 18.9 Å². The van der Waals surface area contributed by atoms with Crippen LogP contribution in [-0.2, 0) is 67.5 Å². The van der Waals surface area contributed by atoms with Crippen LogP contribution in [0.15, 0.2) is 91.0 Å². The Kier molecular flexibility index (Phi) is 17.7. The van der Waals surface area contributed by atoms with E-state index < -0.39 is 47.8 Å². The third-order valence-corrected chi connectivity index (χ3v) is 8.99. The van der Waals surface area contributed by atoms with Crippen molar-refractivity contribution in [2.75, 3.05) is 6.61 Å². The molecule has 0 saturated heterocycles. The number of hydrogen-bond donors (Lipinski definition) is 2. The van der Waals surface area contributed by atoms with Crippen molar-refractivity contribution in [1.29, 1.82) is 0 Å². The number of carbonyl (C=O) groups is 6. The number of esters is 4. The molecule has 4 rings (SSSR count). The zero-order valence-electron chi connectivity index (χ0n) is 30.6. The zero-order chi connectivity index (χ0) is 38.4. The van der Waals surface area contributed by atoms with Crippen LogP contribution in [0.25, 0.3) is 0 Å². The van der Waals surface area contributed by atoms with E-state index in [2.05, 4.69) is 10.6 Å². The van der Waals surface area contributed by atoms with Gasteiger partial charge in [-0.25, -0.2) is 9.59 Å². The zero-order valence-corrected chi connectivity index (χ0v) is 30.6. The van der Waals surface area contributed by atoms with Crippen molar-refractivity contribution >= 4 is 35.7 Å². The Bertz CT molecular complexity index is 1630. The maximum atomic E-state index is 13.1. The largest absolute Gasteiger partial charge is 0.465 e. The van der Waals surface area contributed by atoms with Crippen LogP contribution in [0.3, 0.4) is 0 Å². The highest BCUT2D eigenvalue weighted by Gasteiger charge is 2.27. The molecule has 12 nitrogen and oxygen atoms in total. The number of benzene rings is 3. The molecule has 1 saturated carbocycles. The molecule has 3 aromatic rings. The molecule has 0 heterocycles. The van der Waals surface area contributed by atoms with Crippen molar-refractivity contribution in [3.8, 4) is 0 Å². The first-order valence-electron chi connectivity index (χ1n) is 18.6. The van der Waals surface area contributed by atoms with Gasteiger partial charge >= 0.3 is 23.9 Å². The van der Waals surface area contributed by atoms with E-state index in [0.717, 1.165) is 42.4 Å². The number of carbonyl (C=O) groups excluding carboxylic acids is 6. The second kappa shape index (κ2) is 23.2. The summed E-state index contributed by atoms with van der Waals surface area (Å²) in [5.41, 5.74) is 2.29. The van der Waals surface area contributed by atoms with Gasteiger partial charge in [0, 0.05) is 25.7 Å². The van der Waals surface area contributed by atoms with E-state index in [1.54, 1.807) is 48.5 Å². The van der Waals surface area contributed by atoms with Crippen LogP contribution < -0.4 is 10.6 Å². The first kappa shape index (κ1) is 41.2. The minimum atomic E-state index is -1.19. The summed E-state index contributed by atoms with van der Waals surface area (Å²) in [4.78, 5) is 77.3. The van der Waals surface area contributed by atoms with Crippen LogP contribution in [0, 0.1) is 5.92 Å². The van der Waals surface area contributed by atoms with Gasteiger partial charge in [0.05, 0.1) is 6.61 Å². The number of amides is 2. The maximum Gasteiger partial charge on any atom is 0.328 e. The molecule has 0 aromatic heterocycles. The summed E-state index contributed by atoms with van der Waals surface area (Å²) < 4.78 is 21.7. The Morgan fingerprint density at radius 1 is 0.500 bits per heavy atom. The summed E-state index contributed by atoms with van der Waals surface area (Å²) in [5.74, 6) is -3.44. The van der Waals surface area contributed by atoms with Crippen LogP contribution in [-0.4, -0.2) is 54.4 Å². The fourth-order valence-corrected chi connectivity index (χ4v) is 5.89. The van der Waals surface area contributed by atoms with Gasteiger partial charge < -0.3 is 29.6 Å². The maximum absolute atomic E-state index is 13.1. The first-order valence-corrected chi connectivity index (χ1v) is 18.6. The fourth-order valence-electron chi connectivity index (χ4n) is 5.89. The highest BCUT2D eigenvalue weighted by molar-refractivity contribution is 5.89. The number of ether oxygens (including phenoxy) is 4. The number of hydrogen-bond acceptors (Lipinski definition) is 10. The minimum Gasteiger partial charge on any atom is -0.465 e. The second-order valence-corrected chi connectivity index (χ2v) is 13.3. The minimum absolute atomic E-state index is 0.0257. The second-order valence-electron chi connectivity index (χ2n) is 13.3. The SMILES string of the molecule is O=C(CCC(=O)N[C@@H](CCC(=O)OCC1CCCCC1)C(=O)OCc1ccccc1)N[C@@H](CCC(=O)OCc1ccccc1)C(=O)OCc1ccccc1. The van der Waals surface area contributed by atoms with E-state index >= 15 is 0 Å². The summed E-state index contributed by atoms with van der Waals surface area (Å²) in [7, 11) is 0. The Morgan fingerprint density at radius 2 is 0.889 bits per heavy atom. The Balaban J connectivity index is 1.29. The molecule has 1 aliphatic rings. The third-order valence-electron chi connectivity index (χ3n) is 8.99. The van der Waals surface area contributed by atoms with Crippen molar-refractivity contribution < 1.29 is 47.7 Å². The molecule has 0 radical (unpaired) electrons. The van der Waals surface area contributed by atoms with E-state index in [1.807, 2.05) is 42.5 Å². The normalized spacial score (nSPS) is 13.8. The topological polar surface area (TPSA) is 163 Å². The molecule has 0 spiro atoms. The lowest BCUT2D eigenvalue weighted by Gasteiger charge is -2.21. The molecule has 288 valence electrons. The van der Waals surface area contributed by atoms with Gasteiger partial charge in [0.25, 0.3) is 0 Å². The van der Waals surface area contributed by atoms with Crippen LogP contribution in [0.5, 0.6) is 0 Å². The standard InChI is InChI=1S/C42H50N2O10/c45-37(43-35(41(49)53-29-33-17-9-3-10-18-33)21-25-39(47)51-27-31-13-5-1-6-14-31)23-24-38(46)44-36(42(50)54-30-34-19-11-4-12-20-34)22-26-40(48)52-28-32-15-7-2-8-16-32/h1,3-6,9-14,17-20,32,35-36H,2,7-8,15-16,21-30H2,(H,43,45)(H,44,46)/t35-,36-/m0/s1. The predicted octanol–water partition coefficient (Wildman–Crippen LogP) is 5.65. The number of nitrogens with one attached hydrogen (secondary N) is 2. The Morgan fingerprint density at radius 3 is 1.31 bits per heavy atom. The molecular weight excluding hydrogens is 692 g/mol. The lowest BCUT2D eigenvalue weighted by atomic mass is 9.90. The molecule has 54 heavy (non-hydrogen) atoms. The van der Waals surface area contributed by atoms with Gasteiger partial charge in [-0.3, -0.25) is 19.2 Å². The molecule has 1 aliphatic carbocycles. The summed E-state index contributed by atoms with van der Waals surface area (Å²) in [5, 5.41) is 5.18. The fraction of sp³-hybridized carbons (Fsp3) is 0.429.